The summed E-state index contributed by atoms with van der Waals surface area (Å²) in [5, 5.41) is 27.2. The van der Waals surface area contributed by atoms with Gasteiger partial charge < -0.3 is 32.3 Å². The van der Waals surface area contributed by atoms with Gasteiger partial charge in [0.25, 0.3) is 0 Å². The minimum Gasteiger partial charge on any atom is -0.509 e. The van der Waals surface area contributed by atoms with Crippen LogP contribution < -0.4 is 14.2 Å². The zero-order chi connectivity index (χ0) is 79.1. The second-order valence-electron chi connectivity index (χ2n) is 28.5. The summed E-state index contributed by atoms with van der Waals surface area (Å²) in [4.78, 5) is 19.6. The number of thiophene rings is 1. The van der Waals surface area contributed by atoms with Crippen molar-refractivity contribution in [2.45, 2.75) is 0 Å². The van der Waals surface area contributed by atoms with Crippen molar-refractivity contribution in [3.8, 4) is 74.8 Å². The van der Waals surface area contributed by atoms with E-state index in [2.05, 4.69) is 188 Å². The number of furan rings is 1. The first-order chi connectivity index (χ1) is 59.5. The number of ether oxygens (including phenoxy) is 3. The number of rotatable bonds is 13. The Morgan fingerprint density at radius 3 is 1.07 bits per heavy atom. The number of pyridine rings is 4. The van der Waals surface area contributed by atoms with Gasteiger partial charge in [0.15, 0.2) is 0 Å². The molecule has 0 saturated carbocycles. The van der Waals surface area contributed by atoms with E-state index in [0.717, 1.165) is 154 Å². The van der Waals surface area contributed by atoms with Crippen LogP contribution in [0.2, 0.25) is 0 Å². The third-order valence-corrected chi connectivity index (χ3v) is 22.6. The molecule has 0 aliphatic rings. The molecule has 25 aromatic rings. The number of hydrogen-bond acceptors (Lipinski definition) is 12. The van der Waals surface area contributed by atoms with Gasteiger partial charge in [0.05, 0.1) is 29.5 Å². The van der Waals surface area contributed by atoms with Crippen LogP contribution in [0.3, 0.4) is 0 Å². The number of nitrogens with zero attached hydrogens (tertiary/aromatic N) is 14. The molecule has 13 heterocycles. The molecule has 0 saturated heterocycles. The Hall–Kier alpha value is -14.4. The predicted octanol–water partition coefficient (Wildman–Crippen LogP) is 24.0. The van der Waals surface area contributed by atoms with E-state index in [9.17, 15) is 0 Å². The van der Waals surface area contributed by atoms with E-state index in [1.165, 1.54) is 10.1 Å². The minimum atomic E-state index is 0. The monoisotopic (exact) mass is 2150 g/mol. The molecule has 22 heteroatoms. The molecule has 0 aliphatic heterocycles. The van der Waals surface area contributed by atoms with Crippen LogP contribution in [0.4, 0.5) is 0 Å². The van der Waals surface area contributed by atoms with Gasteiger partial charge in [-0.15, -0.1) is 118 Å². The quantitative estimate of drug-likeness (QED) is 0.101. The molecular weight excluding hydrogens is 2090 g/mol. The maximum atomic E-state index is 6.39. The average Bonchev–Trinajstić information content (AvgIpc) is 1.56. The zero-order valence-corrected chi connectivity index (χ0v) is 71.9. The van der Waals surface area contributed by atoms with Crippen molar-refractivity contribution in [2.75, 3.05) is 0 Å². The largest absolute Gasteiger partial charge is 2.00 e. The van der Waals surface area contributed by atoms with Crippen molar-refractivity contribution in [1.29, 1.82) is 0 Å². The van der Waals surface area contributed by atoms with Crippen molar-refractivity contribution < 1.29 is 81.8 Å². The Balaban J connectivity index is 0.000000116. The van der Waals surface area contributed by atoms with Crippen LogP contribution in [0.1, 0.15) is 0 Å². The van der Waals surface area contributed by atoms with Crippen molar-refractivity contribution in [2.24, 2.45) is 0 Å². The topological polar surface area (TPSA) is 166 Å². The van der Waals surface area contributed by atoms with Gasteiger partial charge in [-0.1, -0.05) is 150 Å². The van der Waals surface area contributed by atoms with Crippen molar-refractivity contribution >= 4 is 141 Å². The molecule has 0 fully saturated rings. The Labute approximate surface area is 748 Å². The van der Waals surface area contributed by atoms with Crippen molar-refractivity contribution in [3.63, 3.8) is 0 Å². The smallest absolute Gasteiger partial charge is 0.509 e. The summed E-state index contributed by atoms with van der Waals surface area (Å²) in [6.45, 7) is 0. The zero-order valence-electron chi connectivity index (χ0n) is 64.2. The third kappa shape index (κ3) is 13.7. The molecule has 12 aromatic carbocycles. The van der Waals surface area contributed by atoms with E-state index in [1.807, 2.05) is 234 Å². The first-order valence-electron chi connectivity index (χ1n) is 38.8. The second-order valence-corrected chi connectivity index (χ2v) is 29.5. The third-order valence-electron chi connectivity index (χ3n) is 21.4. The molecule has 0 amide bonds. The summed E-state index contributed by atoms with van der Waals surface area (Å²) in [7, 11) is 0. The van der Waals surface area contributed by atoms with E-state index in [4.69, 9.17) is 23.7 Å². The number of benzene rings is 12. The van der Waals surface area contributed by atoms with Crippen LogP contribution in [-0.4, -0.2) is 67.5 Å². The van der Waals surface area contributed by atoms with Crippen LogP contribution in [0.25, 0.3) is 170 Å². The molecule has 0 N–H and O–H groups in total. The summed E-state index contributed by atoms with van der Waals surface area (Å²) in [6.07, 6.45) is 12.9. The SMILES string of the molecule is [Pt+2].[Pt+2].[Pt+2].[c-]1c(Oc2[c-]c3c(cc2)c2ccccc2n3-c2ccccn2)cccc1-n1ncc2c3ccccc3n(-c3ccccn3)c21.[c-]1c(Oc2[c-]c3c(cc2)c2ccccc2n3-c2ccccn2)cccc1-n1ncc2c3ccccc3oc21.[c-]1c(Oc2[c-]c3c(cc2)c2ccccc2n3-c2ccccn2)cccc1-n1ncc2c3ccccc3sc21. The van der Waals surface area contributed by atoms with E-state index in [1.54, 1.807) is 40.8 Å². The Morgan fingerprint density at radius 2 is 0.610 bits per heavy atom. The molecule has 0 unspecified atom stereocenters. The number of para-hydroxylation sites is 5. The second kappa shape index (κ2) is 32.6. The summed E-state index contributed by atoms with van der Waals surface area (Å²) in [5.41, 5.74) is 11.7. The molecule has 13 aromatic heterocycles. The number of hydrogen-bond donors (Lipinski definition) is 0. The summed E-state index contributed by atoms with van der Waals surface area (Å²) >= 11 is 1.73. The molecule has 25 rings (SSSR count). The van der Waals surface area contributed by atoms with Gasteiger partial charge in [-0.25, -0.2) is 34.0 Å². The Kier molecular flexibility index (Phi) is 20.5. The standard InChI is InChI=1S/C37H22N6O.C32H18N4O2.C32H18N4OS.3Pt/c1-3-14-32-28(12-1)30-19-18-27(23-34(30)41(32)35-16-5-7-20-38-35)44-26-11-9-10-25(22-26)43-37-31(24-40-43)29-13-2-4-15-33(29)42(37)36-17-6-8-21-39-36;2*1-3-12-28-24(10-1)25-16-15-23(19-29(25)35(28)31-14-5-6-17-33-31)37-22-9-7-8-21(18-22)36-32-27(20-34-36)26-11-2-4-13-30(26)38-32;;;/h1-21,24H;2*1-17,20H;;;/q3*-2;3*+2. The van der Waals surface area contributed by atoms with E-state index in [0.29, 0.717) is 40.2 Å². The molecular formula is C101H58N14O4Pt3S. The van der Waals surface area contributed by atoms with Crippen molar-refractivity contribution in [3.05, 3.63) is 389 Å². The molecule has 592 valence electrons. The van der Waals surface area contributed by atoms with Crippen molar-refractivity contribution in [1.82, 2.24) is 67.5 Å². The molecule has 0 atom stereocenters. The van der Waals surface area contributed by atoms with E-state index >= 15 is 0 Å². The van der Waals surface area contributed by atoms with Gasteiger partial charge in [-0.2, -0.15) is 51.7 Å². The first kappa shape index (κ1) is 77.2. The maximum absolute atomic E-state index is 6.39. The normalized spacial score (nSPS) is 11.4. The minimum absolute atomic E-state index is 0. The van der Waals surface area contributed by atoms with E-state index < -0.39 is 0 Å². The van der Waals surface area contributed by atoms with E-state index in [-0.39, 0.29) is 63.2 Å². The fraction of sp³-hybridized carbons (Fsp3) is 0. The molecule has 123 heavy (non-hydrogen) atoms. The number of fused-ring (bicyclic) bond motifs is 18. The van der Waals surface area contributed by atoms with Gasteiger partial charge in [0.2, 0.25) is 5.71 Å². The van der Waals surface area contributed by atoms with Gasteiger partial charge in [0.1, 0.15) is 39.3 Å². The average molecular weight is 2150 g/mol. The van der Waals surface area contributed by atoms with Gasteiger partial charge in [-0.05, 0) is 118 Å². The molecule has 0 aliphatic carbocycles. The van der Waals surface area contributed by atoms with Crippen LogP contribution >= 0.6 is 11.3 Å². The molecule has 18 nitrogen and oxygen atoms in total. The van der Waals surface area contributed by atoms with Crippen LogP contribution in [0.15, 0.2) is 357 Å². The maximum Gasteiger partial charge on any atom is 2.00 e. The van der Waals surface area contributed by atoms with Gasteiger partial charge >= 0.3 is 63.2 Å². The molecule has 0 bridgehead atoms. The molecule has 0 spiro atoms. The van der Waals surface area contributed by atoms with Gasteiger partial charge in [0, 0.05) is 107 Å². The fourth-order valence-corrected chi connectivity index (χ4v) is 17.3. The molecule has 0 radical (unpaired) electrons. The summed E-state index contributed by atoms with van der Waals surface area (Å²) in [5.74, 6) is 6.80. The summed E-state index contributed by atoms with van der Waals surface area (Å²) in [6, 6.07) is 123. The Morgan fingerprint density at radius 1 is 0.260 bits per heavy atom. The van der Waals surface area contributed by atoms with Crippen LogP contribution in [0.5, 0.6) is 34.5 Å². The number of aromatic nitrogens is 14. The predicted molar refractivity (Wildman–Crippen MR) is 472 cm³/mol. The Bertz CT molecular complexity index is 7960. The van der Waals surface area contributed by atoms with Crippen LogP contribution in [0, 0.1) is 36.4 Å². The van der Waals surface area contributed by atoms with Crippen LogP contribution in [-0.2, 0) is 63.2 Å². The fourth-order valence-electron chi connectivity index (χ4n) is 16.2. The van der Waals surface area contributed by atoms with Gasteiger partial charge in [-0.3, -0.25) is 4.57 Å². The summed E-state index contributed by atoms with van der Waals surface area (Å²) < 4.78 is 40.4. The first-order valence-corrected chi connectivity index (χ1v) is 39.6.